The van der Waals surface area contributed by atoms with Crippen molar-refractivity contribution < 1.29 is 4.79 Å². The van der Waals surface area contributed by atoms with Gasteiger partial charge in [0, 0.05) is 17.5 Å². The number of fused-ring (bicyclic) bond motifs is 1. The quantitative estimate of drug-likeness (QED) is 0.756. The summed E-state index contributed by atoms with van der Waals surface area (Å²) in [5.74, 6) is 1.40. The number of rotatable bonds is 3. The van der Waals surface area contributed by atoms with Crippen LogP contribution >= 0.6 is 0 Å². The maximum Gasteiger partial charge on any atom is 0.152 e. The first-order chi connectivity index (χ1) is 8.06. The van der Waals surface area contributed by atoms with Crippen LogP contribution in [0.25, 0.3) is 11.0 Å². The van der Waals surface area contributed by atoms with Gasteiger partial charge in [0.15, 0.2) is 6.29 Å². The van der Waals surface area contributed by atoms with Gasteiger partial charge in [-0.25, -0.2) is 4.98 Å². The number of para-hydroxylation sites is 1. The van der Waals surface area contributed by atoms with E-state index in [0.717, 1.165) is 28.7 Å². The first kappa shape index (κ1) is 11.8. The minimum Gasteiger partial charge on any atom is -0.325 e. The molecule has 0 aliphatic rings. The average molecular weight is 230 g/mol. The molecule has 1 aromatic heterocycles. The molecule has 0 radical (unpaired) electrons. The van der Waals surface area contributed by atoms with Gasteiger partial charge in [-0.1, -0.05) is 19.9 Å². The SMILES string of the molecule is CC(C)c1nc2cccc(C=O)c2n1C(C)C. The van der Waals surface area contributed by atoms with Crippen LogP contribution in [0.5, 0.6) is 0 Å². The van der Waals surface area contributed by atoms with Crippen molar-refractivity contribution in [3.05, 3.63) is 29.6 Å². The number of hydrogen-bond donors (Lipinski definition) is 0. The Morgan fingerprint density at radius 1 is 1.24 bits per heavy atom. The largest absolute Gasteiger partial charge is 0.325 e. The summed E-state index contributed by atoms with van der Waals surface area (Å²) in [6.07, 6.45) is 0.910. The topological polar surface area (TPSA) is 34.9 Å². The van der Waals surface area contributed by atoms with Gasteiger partial charge < -0.3 is 4.57 Å². The van der Waals surface area contributed by atoms with E-state index in [1.165, 1.54) is 0 Å². The summed E-state index contributed by atoms with van der Waals surface area (Å²) >= 11 is 0. The van der Waals surface area contributed by atoms with Gasteiger partial charge in [-0.05, 0) is 26.0 Å². The molecule has 0 bridgehead atoms. The lowest BCUT2D eigenvalue weighted by Crippen LogP contribution is -2.08. The molecule has 0 N–H and O–H groups in total. The molecule has 0 atom stereocenters. The zero-order valence-corrected chi connectivity index (χ0v) is 10.8. The maximum atomic E-state index is 11.1. The second-order valence-corrected chi connectivity index (χ2v) is 4.92. The number of hydrogen-bond acceptors (Lipinski definition) is 2. The molecule has 0 amide bonds. The summed E-state index contributed by atoms with van der Waals surface area (Å²) < 4.78 is 2.17. The summed E-state index contributed by atoms with van der Waals surface area (Å²) in [7, 11) is 0. The summed E-state index contributed by atoms with van der Waals surface area (Å²) in [6.45, 7) is 8.49. The Morgan fingerprint density at radius 2 is 1.94 bits per heavy atom. The second kappa shape index (κ2) is 4.32. The fraction of sp³-hybridized carbons (Fsp3) is 0.429. The van der Waals surface area contributed by atoms with Crippen LogP contribution in [0, 0.1) is 0 Å². The van der Waals surface area contributed by atoms with Crippen molar-refractivity contribution in [3.8, 4) is 0 Å². The molecule has 2 rings (SSSR count). The number of aromatic nitrogens is 2. The normalized spacial score (nSPS) is 11.6. The lowest BCUT2D eigenvalue weighted by molar-refractivity contribution is 0.112. The third kappa shape index (κ3) is 1.86. The molecular formula is C14H18N2O. The fourth-order valence-corrected chi connectivity index (χ4v) is 2.22. The van der Waals surface area contributed by atoms with Gasteiger partial charge in [-0.2, -0.15) is 0 Å². The number of carbonyl (C=O) groups is 1. The Morgan fingerprint density at radius 3 is 2.47 bits per heavy atom. The monoisotopic (exact) mass is 230 g/mol. The molecule has 0 unspecified atom stereocenters. The van der Waals surface area contributed by atoms with Gasteiger partial charge >= 0.3 is 0 Å². The standard InChI is InChI=1S/C14H18N2O/c1-9(2)14-15-12-7-5-6-11(8-17)13(12)16(14)10(3)4/h5-10H,1-4H3. The van der Waals surface area contributed by atoms with Crippen molar-refractivity contribution in [2.45, 2.75) is 39.7 Å². The zero-order valence-electron chi connectivity index (χ0n) is 10.8. The minimum absolute atomic E-state index is 0.304. The van der Waals surface area contributed by atoms with Crippen LogP contribution in [-0.2, 0) is 0 Å². The van der Waals surface area contributed by atoms with Gasteiger partial charge in [0.2, 0.25) is 0 Å². The molecule has 0 fully saturated rings. The van der Waals surface area contributed by atoms with Gasteiger partial charge in [0.1, 0.15) is 5.82 Å². The lowest BCUT2D eigenvalue weighted by Gasteiger charge is -2.15. The van der Waals surface area contributed by atoms with Gasteiger partial charge in [0.25, 0.3) is 0 Å². The average Bonchev–Trinajstić information content (AvgIpc) is 2.67. The smallest absolute Gasteiger partial charge is 0.152 e. The summed E-state index contributed by atoms with van der Waals surface area (Å²) in [5, 5.41) is 0. The predicted molar refractivity (Wildman–Crippen MR) is 69.6 cm³/mol. The molecule has 2 aromatic rings. The highest BCUT2D eigenvalue weighted by Crippen LogP contribution is 2.27. The van der Waals surface area contributed by atoms with Crippen molar-refractivity contribution >= 4 is 17.3 Å². The van der Waals surface area contributed by atoms with Crippen LogP contribution in [0.3, 0.4) is 0 Å². The number of imidazole rings is 1. The van der Waals surface area contributed by atoms with Gasteiger partial charge in [-0.3, -0.25) is 4.79 Å². The molecule has 3 heteroatoms. The molecule has 0 saturated heterocycles. The maximum absolute atomic E-state index is 11.1. The van der Waals surface area contributed by atoms with Crippen LogP contribution in [0.4, 0.5) is 0 Å². The van der Waals surface area contributed by atoms with Crippen molar-refractivity contribution in [3.63, 3.8) is 0 Å². The van der Waals surface area contributed by atoms with E-state index in [-0.39, 0.29) is 0 Å². The van der Waals surface area contributed by atoms with Gasteiger partial charge in [-0.15, -0.1) is 0 Å². The molecule has 0 spiro atoms. The number of carbonyl (C=O) groups excluding carboxylic acids is 1. The summed E-state index contributed by atoms with van der Waals surface area (Å²) in [4.78, 5) is 15.8. The summed E-state index contributed by atoms with van der Waals surface area (Å²) in [6, 6.07) is 6.00. The van der Waals surface area contributed by atoms with Crippen LogP contribution in [-0.4, -0.2) is 15.8 Å². The molecule has 90 valence electrons. The van der Waals surface area contributed by atoms with E-state index in [2.05, 4.69) is 37.2 Å². The molecule has 0 saturated carbocycles. The van der Waals surface area contributed by atoms with E-state index < -0.39 is 0 Å². The van der Waals surface area contributed by atoms with Crippen molar-refractivity contribution in [2.75, 3.05) is 0 Å². The molecule has 1 heterocycles. The van der Waals surface area contributed by atoms with Crippen molar-refractivity contribution in [2.24, 2.45) is 0 Å². The Kier molecular flexibility index (Phi) is 3.01. The van der Waals surface area contributed by atoms with Crippen LogP contribution < -0.4 is 0 Å². The van der Waals surface area contributed by atoms with Crippen molar-refractivity contribution in [1.82, 2.24) is 9.55 Å². The molecule has 17 heavy (non-hydrogen) atoms. The number of benzene rings is 1. The Labute approximate surface area is 101 Å². The highest BCUT2D eigenvalue weighted by molar-refractivity contribution is 5.94. The highest BCUT2D eigenvalue weighted by atomic mass is 16.1. The van der Waals surface area contributed by atoms with E-state index in [0.29, 0.717) is 12.0 Å². The van der Waals surface area contributed by atoms with Crippen LogP contribution in [0.2, 0.25) is 0 Å². The Balaban J connectivity index is 2.86. The van der Waals surface area contributed by atoms with Gasteiger partial charge in [0.05, 0.1) is 11.0 Å². The molecule has 1 aromatic carbocycles. The van der Waals surface area contributed by atoms with E-state index in [1.54, 1.807) is 0 Å². The minimum atomic E-state index is 0.304. The third-order valence-corrected chi connectivity index (χ3v) is 2.93. The lowest BCUT2D eigenvalue weighted by atomic mass is 10.1. The van der Waals surface area contributed by atoms with E-state index >= 15 is 0 Å². The second-order valence-electron chi connectivity index (χ2n) is 4.92. The molecule has 0 aliphatic heterocycles. The van der Waals surface area contributed by atoms with E-state index in [1.807, 2.05) is 18.2 Å². The molecule has 3 nitrogen and oxygen atoms in total. The molecular weight excluding hydrogens is 212 g/mol. The Hall–Kier alpha value is -1.64. The predicted octanol–water partition coefficient (Wildman–Crippen LogP) is 3.55. The Bertz CT molecular complexity index is 553. The number of nitrogens with zero attached hydrogens (tertiary/aromatic N) is 2. The van der Waals surface area contributed by atoms with Crippen LogP contribution in [0.1, 0.15) is 55.8 Å². The van der Waals surface area contributed by atoms with Crippen molar-refractivity contribution in [1.29, 1.82) is 0 Å². The van der Waals surface area contributed by atoms with E-state index in [9.17, 15) is 4.79 Å². The number of aldehydes is 1. The molecule has 0 aliphatic carbocycles. The summed E-state index contributed by atoms with van der Waals surface area (Å²) in [5.41, 5.74) is 2.59. The van der Waals surface area contributed by atoms with E-state index in [4.69, 9.17) is 0 Å². The highest BCUT2D eigenvalue weighted by Gasteiger charge is 2.17. The van der Waals surface area contributed by atoms with Crippen LogP contribution in [0.15, 0.2) is 18.2 Å². The first-order valence-electron chi connectivity index (χ1n) is 6.02. The zero-order chi connectivity index (χ0) is 12.6. The third-order valence-electron chi connectivity index (χ3n) is 2.93. The first-order valence-corrected chi connectivity index (χ1v) is 6.02. The fourth-order valence-electron chi connectivity index (χ4n) is 2.22.